The molecular weight excluding hydrogens is 563 g/mol. The molecule has 0 radical (unpaired) electrons. The van der Waals surface area contributed by atoms with E-state index in [-0.39, 0.29) is 56.5 Å². The van der Waals surface area contributed by atoms with Crippen molar-refractivity contribution in [3.63, 3.8) is 0 Å². The quantitative estimate of drug-likeness (QED) is 0.183. The highest BCUT2D eigenvalue weighted by molar-refractivity contribution is 5.34. The Kier molecular flexibility index (Phi) is 31.0. The Hall–Kier alpha value is -5.07. The number of aliphatic hydroxyl groups is 2. The summed E-state index contributed by atoms with van der Waals surface area (Å²) in [4.78, 5) is 9.35. The summed E-state index contributed by atoms with van der Waals surface area (Å²) in [5, 5.41) is 16.3. The van der Waals surface area contributed by atoms with Crippen molar-refractivity contribution in [1.82, 2.24) is 0 Å². The minimum atomic E-state index is -0.425. The van der Waals surface area contributed by atoms with Gasteiger partial charge < -0.3 is 24.4 Å². The molecule has 4 rings (SSSR count). The number of aliphatic hydroxyl groups excluding tert-OH is 2. The third-order valence-electron chi connectivity index (χ3n) is 4.58. The largest absolute Gasteiger partial charge is 0.462 e. The van der Waals surface area contributed by atoms with Crippen molar-refractivity contribution >= 4 is 0 Å². The van der Waals surface area contributed by atoms with Crippen LogP contribution in [-0.2, 0) is 9.78 Å². The number of ether oxygens (including phenoxy) is 3. The van der Waals surface area contributed by atoms with Crippen LogP contribution in [0.25, 0.3) is 0 Å². The van der Waals surface area contributed by atoms with E-state index in [4.69, 9.17) is 37.1 Å². The minimum Gasteiger partial charge on any atom is -0.462 e. The maximum absolute atomic E-state index is 12.6. The summed E-state index contributed by atoms with van der Waals surface area (Å²) in [6.07, 6.45) is 30.6. The molecule has 0 fully saturated rings. The van der Waals surface area contributed by atoms with Crippen molar-refractivity contribution in [3.8, 4) is 54.8 Å². The van der Waals surface area contributed by atoms with Gasteiger partial charge in [-0.1, -0.05) is 69.9 Å². The first-order valence-corrected chi connectivity index (χ1v) is 11.1. The fourth-order valence-electron chi connectivity index (χ4n) is 2.90. The van der Waals surface area contributed by atoms with Crippen LogP contribution in [-0.4, -0.2) is 22.4 Å². The van der Waals surface area contributed by atoms with Gasteiger partial charge in [0.25, 0.3) is 0 Å². The van der Waals surface area contributed by atoms with Gasteiger partial charge in [-0.05, 0) is 85.3 Å². The highest BCUT2D eigenvalue weighted by Crippen LogP contribution is 2.22. The van der Waals surface area contributed by atoms with Crippen molar-refractivity contribution in [3.05, 3.63) is 102 Å². The maximum Gasteiger partial charge on any atom is 0.153 e. The van der Waals surface area contributed by atoms with Gasteiger partial charge in [0, 0.05) is 6.42 Å². The summed E-state index contributed by atoms with van der Waals surface area (Å²) in [5.74, 6) is 2.97. The van der Waals surface area contributed by atoms with E-state index in [1.165, 1.54) is 18.2 Å². The molecule has 2 aromatic rings. The van der Waals surface area contributed by atoms with Gasteiger partial charge in [-0.3, -0.25) is 4.89 Å². The molecule has 0 saturated carbocycles. The number of halogens is 1. The number of rotatable bonds is 7. The molecule has 2 aliphatic rings. The van der Waals surface area contributed by atoms with E-state index in [1.54, 1.807) is 60.7 Å². The molecule has 242 valence electrons. The van der Waals surface area contributed by atoms with Crippen molar-refractivity contribution in [2.75, 3.05) is 0 Å². The lowest BCUT2D eigenvalue weighted by Crippen LogP contribution is -2.11. The third kappa shape index (κ3) is 19.1. The Morgan fingerprint density at radius 2 is 1.14 bits per heavy atom. The van der Waals surface area contributed by atoms with E-state index in [9.17, 15) is 9.50 Å². The second kappa shape index (κ2) is 28.1. The Morgan fingerprint density at radius 1 is 0.682 bits per heavy atom. The average molecular weight is 613 g/mol. The van der Waals surface area contributed by atoms with E-state index < -0.39 is 6.10 Å². The Labute approximate surface area is 265 Å². The van der Waals surface area contributed by atoms with E-state index in [0.29, 0.717) is 35.8 Å². The van der Waals surface area contributed by atoms with Crippen LogP contribution in [0.3, 0.4) is 0 Å². The molecular formula is C36H49FO7. The predicted octanol–water partition coefficient (Wildman–Crippen LogP) is 8.96. The molecule has 0 aromatic heterocycles. The highest BCUT2D eigenvalue weighted by atomic mass is 19.1. The average Bonchev–Trinajstić information content (AvgIpc) is 2.93. The lowest BCUT2D eigenvalue weighted by atomic mass is 10.1. The Balaban J connectivity index is -0.000000192. The molecule has 0 spiro atoms. The van der Waals surface area contributed by atoms with Crippen LogP contribution in [0.5, 0.6) is 17.2 Å². The van der Waals surface area contributed by atoms with Crippen LogP contribution in [0, 0.1) is 43.4 Å². The van der Waals surface area contributed by atoms with Crippen molar-refractivity contribution in [1.29, 1.82) is 0 Å². The molecule has 2 aliphatic carbocycles. The van der Waals surface area contributed by atoms with Gasteiger partial charge in [0.15, 0.2) is 6.11 Å². The van der Waals surface area contributed by atoms with Crippen LogP contribution in [0.4, 0.5) is 4.39 Å². The zero-order valence-corrected chi connectivity index (χ0v) is 20.2. The molecule has 2 unspecified atom stereocenters. The fraction of sp³-hybridized carbons (Fsp3) is 0.278. The van der Waals surface area contributed by atoms with Gasteiger partial charge in [-0.2, -0.15) is 4.89 Å². The maximum atomic E-state index is 12.6. The smallest absolute Gasteiger partial charge is 0.153 e. The zero-order chi connectivity index (χ0) is 27.6. The number of terminal acetylenes is 3. The van der Waals surface area contributed by atoms with Gasteiger partial charge >= 0.3 is 0 Å². The van der Waals surface area contributed by atoms with Crippen LogP contribution >= 0.6 is 0 Å². The van der Waals surface area contributed by atoms with Crippen LogP contribution in [0.1, 0.15) is 57.4 Å². The van der Waals surface area contributed by atoms with Crippen LogP contribution < -0.4 is 14.2 Å². The van der Waals surface area contributed by atoms with E-state index >= 15 is 0 Å². The molecule has 44 heavy (non-hydrogen) atoms. The lowest BCUT2D eigenvalue weighted by Gasteiger charge is -2.14. The standard InChI is InChI=1S/C16H12O4.C12H11FO2.C2H2O.6CH4/c1-3-17-13-5-7-14(8-6-13)19-15-9-11-16(12-10-15)20-18-4-2;13-9-1-5-11(6-2-9)15-12-7-3-10(14)4-8-12;1-2-3;;;;;;/h1-2,5-11,16H,12H2;1-3,5-8,10,14H,4H2;1,3H;6*1H4. The molecule has 0 bridgehead atoms. The van der Waals surface area contributed by atoms with Crippen molar-refractivity contribution in [2.45, 2.75) is 69.6 Å². The topological polar surface area (TPSA) is 86.6 Å². The predicted molar refractivity (Wildman–Crippen MR) is 179 cm³/mol. The summed E-state index contributed by atoms with van der Waals surface area (Å²) in [6.45, 7) is 0. The Morgan fingerprint density at radius 3 is 1.55 bits per heavy atom. The summed E-state index contributed by atoms with van der Waals surface area (Å²) in [5.41, 5.74) is 0. The zero-order valence-electron chi connectivity index (χ0n) is 20.2. The molecule has 0 aliphatic heterocycles. The van der Waals surface area contributed by atoms with Gasteiger partial charge in [0.05, 0.1) is 6.10 Å². The molecule has 2 atom stereocenters. The first kappa shape index (κ1) is 48.6. The number of benzene rings is 2. The summed E-state index contributed by atoms with van der Waals surface area (Å²) in [7, 11) is 0. The monoisotopic (exact) mass is 612 g/mol. The lowest BCUT2D eigenvalue weighted by molar-refractivity contribution is -0.258. The van der Waals surface area contributed by atoms with Crippen LogP contribution in [0.2, 0.25) is 0 Å². The summed E-state index contributed by atoms with van der Waals surface area (Å²) >= 11 is 0. The molecule has 0 amide bonds. The molecule has 2 aromatic carbocycles. The molecule has 2 N–H and O–H groups in total. The minimum absolute atomic E-state index is 0. The first-order chi connectivity index (χ1) is 18.5. The fourth-order valence-corrected chi connectivity index (χ4v) is 2.90. The molecule has 0 saturated heterocycles. The second-order valence-corrected chi connectivity index (χ2v) is 7.28. The highest BCUT2D eigenvalue weighted by Gasteiger charge is 2.11. The normalized spacial score (nSPS) is 14.4. The first-order valence-electron chi connectivity index (χ1n) is 11.1. The van der Waals surface area contributed by atoms with Gasteiger partial charge in [0.2, 0.25) is 0 Å². The van der Waals surface area contributed by atoms with E-state index in [0.717, 1.165) is 5.76 Å². The third-order valence-corrected chi connectivity index (χ3v) is 4.58. The SMILES string of the molecule is C.C.C.C.C.C.C#CO.C#COOC1C=CC(Oc2ccc(OC#C)cc2)=CC1.OC1C=CC(Oc2ccc(F)cc2)=CC1. The number of hydrogen-bond donors (Lipinski definition) is 2. The van der Waals surface area contributed by atoms with Gasteiger partial charge in [-0.15, -0.1) is 0 Å². The Bertz CT molecular complexity index is 1260. The molecule has 0 heterocycles. The van der Waals surface area contributed by atoms with E-state index in [2.05, 4.69) is 17.4 Å². The van der Waals surface area contributed by atoms with Gasteiger partial charge in [-0.25, -0.2) is 4.39 Å². The van der Waals surface area contributed by atoms with Crippen molar-refractivity contribution < 1.29 is 38.6 Å². The second-order valence-electron chi connectivity index (χ2n) is 7.28. The number of allylic oxidation sites excluding steroid dienone is 2. The van der Waals surface area contributed by atoms with Gasteiger partial charge in [0.1, 0.15) is 52.9 Å². The van der Waals surface area contributed by atoms with Crippen molar-refractivity contribution in [2.24, 2.45) is 0 Å². The van der Waals surface area contributed by atoms with Crippen LogP contribution in [0.15, 0.2) is 96.5 Å². The summed E-state index contributed by atoms with van der Waals surface area (Å²) < 4.78 is 28.6. The molecule has 7 nitrogen and oxygen atoms in total. The number of hydrogen-bond acceptors (Lipinski definition) is 7. The summed E-state index contributed by atoms with van der Waals surface area (Å²) in [6, 6.07) is 12.8. The molecule has 8 heteroatoms. The van der Waals surface area contributed by atoms with E-state index in [1.807, 2.05) is 18.3 Å².